The Labute approximate surface area is 114 Å². The molecule has 1 amide bonds. The Kier molecular flexibility index (Phi) is 6.24. The third-order valence-electron chi connectivity index (χ3n) is 2.97. The molecule has 0 spiro atoms. The zero-order valence-corrected chi connectivity index (χ0v) is 11.9. The van der Waals surface area contributed by atoms with Gasteiger partial charge in [-0.2, -0.15) is 0 Å². The lowest BCUT2D eigenvalue weighted by Crippen LogP contribution is -2.33. The number of carbonyl (C=O) groups excluding carboxylic acids is 1. The number of amides is 1. The fourth-order valence-corrected chi connectivity index (χ4v) is 1.59. The van der Waals surface area contributed by atoms with Gasteiger partial charge in [0.15, 0.2) is 0 Å². The Morgan fingerprint density at radius 2 is 2.16 bits per heavy atom. The van der Waals surface area contributed by atoms with Crippen molar-refractivity contribution < 1.29 is 4.79 Å². The molecular formula is C13H23N5O. The Bertz CT molecular complexity index is 399. The van der Waals surface area contributed by atoms with E-state index in [1.54, 1.807) is 12.1 Å². The zero-order valence-electron chi connectivity index (χ0n) is 11.9. The summed E-state index contributed by atoms with van der Waals surface area (Å²) >= 11 is 0. The number of rotatable bonds is 7. The van der Waals surface area contributed by atoms with Gasteiger partial charge in [-0.25, -0.2) is 10.8 Å². The van der Waals surface area contributed by atoms with Crippen LogP contribution in [0.15, 0.2) is 12.1 Å². The molecule has 1 rings (SSSR count). The first-order valence-electron chi connectivity index (χ1n) is 6.55. The number of nitrogen functional groups attached to an aromatic ring is 1. The van der Waals surface area contributed by atoms with E-state index in [9.17, 15) is 4.79 Å². The van der Waals surface area contributed by atoms with Crippen LogP contribution in [-0.4, -0.2) is 42.5 Å². The molecule has 0 fully saturated rings. The number of likely N-dealkylation sites (N-methyl/N-ethyl adjacent to an activating group) is 1. The molecule has 4 N–H and O–H groups in total. The smallest absolute Gasteiger partial charge is 0.251 e. The molecule has 1 aromatic heterocycles. The van der Waals surface area contributed by atoms with E-state index in [0.29, 0.717) is 17.9 Å². The van der Waals surface area contributed by atoms with Crippen molar-refractivity contribution in [3.8, 4) is 0 Å². The molecule has 0 aliphatic carbocycles. The molecule has 0 atom stereocenters. The number of nitrogens with one attached hydrogen (secondary N) is 2. The van der Waals surface area contributed by atoms with E-state index in [0.717, 1.165) is 25.2 Å². The van der Waals surface area contributed by atoms with Crippen LogP contribution in [0.2, 0.25) is 0 Å². The maximum atomic E-state index is 12.0. The third-order valence-corrected chi connectivity index (χ3v) is 2.97. The second-order valence-electron chi connectivity index (χ2n) is 4.38. The van der Waals surface area contributed by atoms with Gasteiger partial charge in [-0.15, -0.1) is 0 Å². The van der Waals surface area contributed by atoms with Gasteiger partial charge in [0.1, 0.15) is 5.82 Å². The van der Waals surface area contributed by atoms with E-state index in [-0.39, 0.29) is 5.91 Å². The normalized spacial score (nSPS) is 10.6. The topological polar surface area (TPSA) is 83.3 Å². The summed E-state index contributed by atoms with van der Waals surface area (Å²) in [5, 5.41) is 2.89. The molecular weight excluding hydrogens is 242 g/mol. The van der Waals surface area contributed by atoms with E-state index in [1.165, 1.54) is 0 Å². The molecule has 1 aromatic rings. The van der Waals surface area contributed by atoms with E-state index in [2.05, 4.69) is 27.6 Å². The Morgan fingerprint density at radius 1 is 1.42 bits per heavy atom. The van der Waals surface area contributed by atoms with Gasteiger partial charge in [-0.1, -0.05) is 13.8 Å². The van der Waals surface area contributed by atoms with Gasteiger partial charge in [-0.05, 0) is 32.1 Å². The molecule has 19 heavy (non-hydrogen) atoms. The first-order valence-corrected chi connectivity index (χ1v) is 6.55. The van der Waals surface area contributed by atoms with Crippen LogP contribution in [0.1, 0.15) is 29.9 Å². The fourth-order valence-electron chi connectivity index (χ4n) is 1.59. The summed E-state index contributed by atoms with van der Waals surface area (Å²) in [5.74, 6) is 5.76. The summed E-state index contributed by atoms with van der Waals surface area (Å²) in [7, 11) is 2.02. The molecule has 0 saturated heterocycles. The van der Waals surface area contributed by atoms with Crippen molar-refractivity contribution in [1.29, 1.82) is 0 Å². The van der Waals surface area contributed by atoms with Gasteiger partial charge >= 0.3 is 0 Å². The second kappa shape index (κ2) is 7.70. The highest BCUT2D eigenvalue weighted by Crippen LogP contribution is 2.10. The second-order valence-corrected chi connectivity index (χ2v) is 4.38. The van der Waals surface area contributed by atoms with Crippen molar-refractivity contribution in [2.45, 2.75) is 20.3 Å². The monoisotopic (exact) mass is 265 g/mol. The minimum Gasteiger partial charge on any atom is -0.351 e. The van der Waals surface area contributed by atoms with Crippen LogP contribution in [0.4, 0.5) is 5.82 Å². The minimum atomic E-state index is -0.0990. The van der Waals surface area contributed by atoms with E-state index in [1.807, 2.05) is 14.0 Å². The predicted molar refractivity (Wildman–Crippen MR) is 76.9 cm³/mol. The van der Waals surface area contributed by atoms with Crippen molar-refractivity contribution in [1.82, 2.24) is 15.2 Å². The predicted octanol–water partition coefficient (Wildman–Crippen LogP) is 0.611. The molecule has 0 unspecified atom stereocenters. The molecule has 6 heteroatoms. The van der Waals surface area contributed by atoms with Crippen molar-refractivity contribution in [2.75, 3.05) is 32.1 Å². The lowest BCUT2D eigenvalue weighted by Gasteiger charge is -2.14. The number of pyridine rings is 1. The summed E-state index contributed by atoms with van der Waals surface area (Å²) in [6, 6.07) is 3.44. The largest absolute Gasteiger partial charge is 0.351 e. The Balaban J connectivity index is 2.65. The lowest BCUT2D eigenvalue weighted by atomic mass is 10.2. The van der Waals surface area contributed by atoms with Gasteiger partial charge in [0.05, 0.1) is 0 Å². The van der Waals surface area contributed by atoms with Crippen molar-refractivity contribution in [3.05, 3.63) is 23.4 Å². The Morgan fingerprint density at radius 3 is 2.74 bits per heavy atom. The summed E-state index contributed by atoms with van der Waals surface area (Å²) in [5.41, 5.74) is 3.90. The number of anilines is 1. The van der Waals surface area contributed by atoms with Crippen molar-refractivity contribution in [3.63, 3.8) is 0 Å². The van der Waals surface area contributed by atoms with Gasteiger partial charge < -0.3 is 15.6 Å². The average molecular weight is 265 g/mol. The summed E-state index contributed by atoms with van der Waals surface area (Å²) in [6.07, 6.45) is 0.758. The summed E-state index contributed by atoms with van der Waals surface area (Å²) in [4.78, 5) is 18.4. The SMILES string of the molecule is CCc1cc(C(=O)NCCN(C)CC)cc(NN)n1. The standard InChI is InChI=1S/C13H23N5O/c1-4-11-8-10(9-12(16-11)17-14)13(19)15-6-7-18(3)5-2/h8-9H,4-7,14H2,1-3H3,(H,15,19)(H,16,17). The average Bonchev–Trinajstić information content (AvgIpc) is 2.46. The molecule has 1 heterocycles. The molecule has 0 aliphatic heterocycles. The van der Waals surface area contributed by atoms with Crippen LogP contribution in [0, 0.1) is 0 Å². The summed E-state index contributed by atoms with van der Waals surface area (Å²) < 4.78 is 0. The number of aromatic nitrogens is 1. The van der Waals surface area contributed by atoms with Gasteiger partial charge in [-0.3, -0.25) is 4.79 Å². The number of nitrogens with two attached hydrogens (primary N) is 1. The molecule has 0 bridgehead atoms. The van der Waals surface area contributed by atoms with Crippen LogP contribution in [0.25, 0.3) is 0 Å². The van der Waals surface area contributed by atoms with E-state index in [4.69, 9.17) is 5.84 Å². The van der Waals surface area contributed by atoms with Crippen LogP contribution in [0.5, 0.6) is 0 Å². The number of hydrogen-bond donors (Lipinski definition) is 3. The van der Waals surface area contributed by atoms with Crippen LogP contribution in [-0.2, 0) is 6.42 Å². The number of hydrazine groups is 1. The quantitative estimate of drug-likeness (QED) is 0.497. The Hall–Kier alpha value is -1.66. The zero-order chi connectivity index (χ0) is 14.3. The number of carbonyl (C=O) groups is 1. The molecule has 0 saturated carbocycles. The maximum absolute atomic E-state index is 12.0. The van der Waals surface area contributed by atoms with E-state index >= 15 is 0 Å². The molecule has 0 aromatic carbocycles. The van der Waals surface area contributed by atoms with E-state index < -0.39 is 0 Å². The first kappa shape index (κ1) is 15.4. The first-order chi connectivity index (χ1) is 9.10. The minimum absolute atomic E-state index is 0.0990. The van der Waals surface area contributed by atoms with Crippen LogP contribution in [0.3, 0.4) is 0 Å². The molecule has 6 nitrogen and oxygen atoms in total. The molecule has 0 radical (unpaired) electrons. The summed E-state index contributed by atoms with van der Waals surface area (Å²) in [6.45, 7) is 6.48. The molecule has 106 valence electrons. The number of hydrogen-bond acceptors (Lipinski definition) is 5. The maximum Gasteiger partial charge on any atom is 0.251 e. The van der Waals surface area contributed by atoms with Crippen molar-refractivity contribution in [2.24, 2.45) is 5.84 Å². The number of nitrogens with zero attached hydrogens (tertiary/aromatic N) is 2. The highest BCUT2D eigenvalue weighted by Gasteiger charge is 2.09. The molecule has 0 aliphatic rings. The van der Waals surface area contributed by atoms with Gasteiger partial charge in [0.25, 0.3) is 5.91 Å². The highest BCUT2D eigenvalue weighted by atomic mass is 16.1. The van der Waals surface area contributed by atoms with Crippen LogP contribution < -0.4 is 16.6 Å². The third kappa shape index (κ3) is 4.84. The van der Waals surface area contributed by atoms with Gasteiger partial charge in [0.2, 0.25) is 0 Å². The van der Waals surface area contributed by atoms with Gasteiger partial charge in [0, 0.05) is 24.3 Å². The van der Waals surface area contributed by atoms with Crippen LogP contribution >= 0.6 is 0 Å². The highest BCUT2D eigenvalue weighted by molar-refractivity contribution is 5.95. The van der Waals surface area contributed by atoms with Crippen molar-refractivity contribution >= 4 is 11.7 Å². The number of aryl methyl sites for hydroxylation is 1. The lowest BCUT2D eigenvalue weighted by molar-refractivity contribution is 0.0950. The fraction of sp³-hybridized carbons (Fsp3) is 0.538.